The Morgan fingerprint density at radius 2 is 2.20 bits per heavy atom. The first-order valence-electron chi connectivity index (χ1n) is 6.27. The summed E-state index contributed by atoms with van der Waals surface area (Å²) in [6.07, 6.45) is 0. The number of methoxy groups -OCH3 is 1. The highest BCUT2D eigenvalue weighted by atomic mass is 35.5. The van der Waals surface area contributed by atoms with E-state index in [4.69, 9.17) is 25.6 Å². The fraction of sp³-hybridized carbons (Fsp3) is 0.357. The average Bonchev–Trinajstić information content (AvgIpc) is 2.85. The van der Waals surface area contributed by atoms with E-state index in [2.05, 4.69) is 10.5 Å². The molecular weight excluding hydrogens is 280 g/mol. The maximum atomic E-state index is 6.15. The monoisotopic (exact) mass is 296 g/mol. The Kier molecular flexibility index (Phi) is 5.26. The molecule has 2 rings (SSSR count). The van der Waals surface area contributed by atoms with Crippen LogP contribution >= 0.6 is 11.6 Å². The molecule has 108 valence electrons. The maximum absolute atomic E-state index is 6.15. The number of rotatable bonds is 7. The standard InChI is InChI=1S/C14H17ClN2O3/c1-10-8-11(17-20-10)9-16-13-5-3-4-12(15)14(13)19-7-6-18-2/h3-5,8,16H,6-7,9H2,1-2H3. The van der Waals surface area contributed by atoms with Crippen molar-refractivity contribution < 1.29 is 14.0 Å². The van der Waals surface area contributed by atoms with Gasteiger partial charge in [0.25, 0.3) is 0 Å². The van der Waals surface area contributed by atoms with Crippen LogP contribution in [-0.4, -0.2) is 25.5 Å². The van der Waals surface area contributed by atoms with E-state index < -0.39 is 0 Å². The number of aryl methyl sites for hydroxylation is 1. The maximum Gasteiger partial charge on any atom is 0.161 e. The van der Waals surface area contributed by atoms with Gasteiger partial charge in [-0.1, -0.05) is 22.8 Å². The summed E-state index contributed by atoms with van der Waals surface area (Å²) < 4.78 is 15.6. The van der Waals surface area contributed by atoms with Crippen molar-refractivity contribution in [1.82, 2.24) is 5.16 Å². The number of hydrogen-bond donors (Lipinski definition) is 1. The van der Waals surface area contributed by atoms with E-state index in [9.17, 15) is 0 Å². The quantitative estimate of drug-likeness (QED) is 0.795. The van der Waals surface area contributed by atoms with Gasteiger partial charge in [-0.2, -0.15) is 0 Å². The van der Waals surface area contributed by atoms with Gasteiger partial charge >= 0.3 is 0 Å². The van der Waals surface area contributed by atoms with Gasteiger partial charge in [0.2, 0.25) is 0 Å². The highest BCUT2D eigenvalue weighted by Gasteiger charge is 2.09. The molecule has 0 saturated carbocycles. The average molecular weight is 297 g/mol. The van der Waals surface area contributed by atoms with Gasteiger partial charge in [0.1, 0.15) is 18.1 Å². The first kappa shape index (κ1) is 14.7. The summed E-state index contributed by atoms with van der Waals surface area (Å²) >= 11 is 6.15. The molecule has 0 atom stereocenters. The molecule has 0 radical (unpaired) electrons. The first-order chi connectivity index (χ1) is 9.70. The third kappa shape index (κ3) is 3.88. The normalized spacial score (nSPS) is 10.6. The molecule has 5 nitrogen and oxygen atoms in total. The van der Waals surface area contributed by atoms with E-state index >= 15 is 0 Å². The van der Waals surface area contributed by atoms with Gasteiger partial charge in [-0.15, -0.1) is 0 Å². The molecule has 0 unspecified atom stereocenters. The first-order valence-corrected chi connectivity index (χ1v) is 6.65. The summed E-state index contributed by atoms with van der Waals surface area (Å²) in [6.45, 7) is 3.35. The van der Waals surface area contributed by atoms with Crippen LogP contribution in [0.25, 0.3) is 0 Å². The van der Waals surface area contributed by atoms with Crippen molar-refractivity contribution in [2.75, 3.05) is 25.6 Å². The molecule has 0 aliphatic heterocycles. The number of aromatic nitrogens is 1. The minimum absolute atomic E-state index is 0.442. The van der Waals surface area contributed by atoms with Crippen molar-refractivity contribution in [2.45, 2.75) is 13.5 Å². The number of para-hydroxylation sites is 1. The molecule has 0 bridgehead atoms. The van der Waals surface area contributed by atoms with Crippen molar-refractivity contribution in [3.05, 3.63) is 40.7 Å². The van der Waals surface area contributed by atoms with Crippen LogP contribution in [0.1, 0.15) is 11.5 Å². The number of halogens is 1. The van der Waals surface area contributed by atoms with Crippen molar-refractivity contribution in [2.24, 2.45) is 0 Å². The SMILES string of the molecule is COCCOc1c(Cl)cccc1NCc1cc(C)on1. The summed E-state index contributed by atoms with van der Waals surface area (Å²) in [6, 6.07) is 7.43. The molecule has 0 amide bonds. The zero-order valence-corrected chi connectivity index (χ0v) is 12.2. The number of anilines is 1. The van der Waals surface area contributed by atoms with Gasteiger partial charge in [0.15, 0.2) is 5.75 Å². The molecule has 20 heavy (non-hydrogen) atoms. The van der Waals surface area contributed by atoms with E-state index in [1.807, 2.05) is 25.1 Å². The Balaban J connectivity index is 2.04. The largest absolute Gasteiger partial charge is 0.487 e. The van der Waals surface area contributed by atoms with Crippen LogP contribution < -0.4 is 10.1 Å². The minimum atomic E-state index is 0.442. The number of nitrogens with zero attached hydrogens (tertiary/aromatic N) is 1. The van der Waals surface area contributed by atoms with Crippen LogP contribution in [0.2, 0.25) is 5.02 Å². The lowest BCUT2D eigenvalue weighted by atomic mass is 10.2. The lowest BCUT2D eigenvalue weighted by Crippen LogP contribution is -2.08. The van der Waals surface area contributed by atoms with Crippen LogP contribution in [0, 0.1) is 6.92 Å². The van der Waals surface area contributed by atoms with Crippen LogP contribution in [0.15, 0.2) is 28.8 Å². The molecule has 0 spiro atoms. The summed E-state index contributed by atoms with van der Waals surface area (Å²) in [5, 5.41) is 7.72. The van der Waals surface area contributed by atoms with Crippen molar-refractivity contribution in [3.8, 4) is 5.75 Å². The Hall–Kier alpha value is -1.72. The molecule has 1 aromatic heterocycles. The van der Waals surface area contributed by atoms with Crippen LogP contribution in [0.4, 0.5) is 5.69 Å². The molecule has 1 N–H and O–H groups in total. The van der Waals surface area contributed by atoms with Gasteiger partial charge in [0.05, 0.1) is 23.9 Å². The predicted octanol–water partition coefficient (Wildman–Crippen LogP) is 3.27. The summed E-state index contributed by atoms with van der Waals surface area (Å²) in [5.41, 5.74) is 1.64. The minimum Gasteiger partial charge on any atom is -0.487 e. The third-order valence-corrected chi connectivity index (χ3v) is 2.94. The fourth-order valence-electron chi connectivity index (χ4n) is 1.71. The van der Waals surface area contributed by atoms with Gasteiger partial charge in [-0.3, -0.25) is 0 Å². The lowest BCUT2D eigenvalue weighted by molar-refractivity contribution is 0.146. The second kappa shape index (κ2) is 7.17. The molecular formula is C14H17ClN2O3. The van der Waals surface area contributed by atoms with E-state index in [1.165, 1.54) is 0 Å². The van der Waals surface area contributed by atoms with Gasteiger partial charge in [-0.05, 0) is 19.1 Å². The molecule has 1 heterocycles. The number of benzene rings is 1. The van der Waals surface area contributed by atoms with E-state index in [-0.39, 0.29) is 0 Å². The number of hydrogen-bond acceptors (Lipinski definition) is 5. The zero-order chi connectivity index (χ0) is 14.4. The fourth-order valence-corrected chi connectivity index (χ4v) is 1.94. The highest BCUT2D eigenvalue weighted by molar-refractivity contribution is 6.32. The topological polar surface area (TPSA) is 56.5 Å². The Morgan fingerprint density at radius 3 is 2.90 bits per heavy atom. The lowest BCUT2D eigenvalue weighted by Gasteiger charge is -2.13. The Bertz CT molecular complexity index is 557. The van der Waals surface area contributed by atoms with Crippen molar-refractivity contribution >= 4 is 17.3 Å². The van der Waals surface area contributed by atoms with Crippen molar-refractivity contribution in [3.63, 3.8) is 0 Å². The van der Waals surface area contributed by atoms with Crippen LogP contribution in [-0.2, 0) is 11.3 Å². The zero-order valence-electron chi connectivity index (χ0n) is 11.5. The third-order valence-electron chi connectivity index (χ3n) is 2.64. The summed E-state index contributed by atoms with van der Waals surface area (Å²) in [5.74, 6) is 1.40. The molecule has 6 heteroatoms. The summed E-state index contributed by atoms with van der Waals surface area (Å²) in [7, 11) is 1.63. The van der Waals surface area contributed by atoms with Gasteiger partial charge in [0, 0.05) is 13.2 Å². The predicted molar refractivity (Wildman–Crippen MR) is 77.4 cm³/mol. The molecule has 2 aromatic rings. The second-order valence-corrected chi connectivity index (χ2v) is 4.65. The molecule has 0 fully saturated rings. The molecule has 0 aliphatic carbocycles. The molecule has 1 aromatic carbocycles. The van der Waals surface area contributed by atoms with E-state index in [0.717, 1.165) is 17.1 Å². The van der Waals surface area contributed by atoms with Crippen LogP contribution in [0.3, 0.4) is 0 Å². The molecule has 0 aliphatic rings. The van der Waals surface area contributed by atoms with Crippen molar-refractivity contribution in [1.29, 1.82) is 0 Å². The highest BCUT2D eigenvalue weighted by Crippen LogP contribution is 2.33. The number of nitrogens with one attached hydrogen (secondary N) is 1. The van der Waals surface area contributed by atoms with Crippen LogP contribution in [0.5, 0.6) is 5.75 Å². The molecule has 0 saturated heterocycles. The van der Waals surface area contributed by atoms with Gasteiger partial charge < -0.3 is 19.3 Å². The Labute approximate surface area is 122 Å². The Morgan fingerprint density at radius 1 is 1.35 bits per heavy atom. The summed E-state index contributed by atoms with van der Waals surface area (Å²) in [4.78, 5) is 0. The number of ether oxygens (including phenoxy) is 2. The van der Waals surface area contributed by atoms with Gasteiger partial charge in [-0.25, -0.2) is 0 Å². The second-order valence-electron chi connectivity index (χ2n) is 4.24. The smallest absolute Gasteiger partial charge is 0.161 e. The van der Waals surface area contributed by atoms with E-state index in [1.54, 1.807) is 13.2 Å². The van der Waals surface area contributed by atoms with E-state index in [0.29, 0.717) is 30.5 Å².